The molecule has 0 amide bonds. The van der Waals surface area contributed by atoms with Gasteiger partial charge >= 0.3 is 0 Å². The van der Waals surface area contributed by atoms with E-state index in [-0.39, 0.29) is 0 Å². The van der Waals surface area contributed by atoms with Crippen molar-refractivity contribution in [3.63, 3.8) is 0 Å². The molecule has 1 N–H and O–H groups in total. The molecule has 0 fully saturated rings. The van der Waals surface area contributed by atoms with Gasteiger partial charge in [0.05, 0.1) is 0 Å². The minimum absolute atomic E-state index is 0.437. The number of hydrogen-bond acceptors (Lipinski definition) is 2. The van der Waals surface area contributed by atoms with Crippen LogP contribution in [0.5, 0.6) is 0 Å². The molecule has 16 heavy (non-hydrogen) atoms. The summed E-state index contributed by atoms with van der Waals surface area (Å²) in [6, 6.07) is 9.75. The summed E-state index contributed by atoms with van der Waals surface area (Å²) in [5.74, 6) is 2.39. The van der Waals surface area contributed by atoms with Gasteiger partial charge in [-0.15, -0.1) is 0 Å². The van der Waals surface area contributed by atoms with E-state index >= 15 is 0 Å². The second-order valence-electron chi connectivity index (χ2n) is 4.36. The molecule has 90 valence electrons. The van der Waals surface area contributed by atoms with Crippen LogP contribution in [0.15, 0.2) is 24.3 Å². The molecule has 0 saturated heterocycles. The van der Waals surface area contributed by atoms with Crippen molar-refractivity contribution in [3.8, 4) is 0 Å². The largest absolute Gasteiger partial charge is 0.307 e. The van der Waals surface area contributed by atoms with Crippen molar-refractivity contribution in [2.75, 3.05) is 11.5 Å². The second kappa shape index (κ2) is 6.97. The molecule has 0 bridgehead atoms. The molecule has 0 spiro atoms. The van der Waals surface area contributed by atoms with E-state index in [2.05, 4.69) is 57.3 Å². The fourth-order valence-corrected chi connectivity index (χ4v) is 2.49. The van der Waals surface area contributed by atoms with Gasteiger partial charge in [0.2, 0.25) is 0 Å². The maximum Gasteiger partial charge on any atom is 0.0294 e. The van der Waals surface area contributed by atoms with Crippen LogP contribution >= 0.6 is 11.8 Å². The normalized spacial score (nSPS) is 14.8. The van der Waals surface area contributed by atoms with Crippen molar-refractivity contribution < 1.29 is 0 Å². The monoisotopic (exact) mass is 237 g/mol. The van der Waals surface area contributed by atoms with E-state index in [9.17, 15) is 0 Å². The van der Waals surface area contributed by atoms with Gasteiger partial charge in [0.25, 0.3) is 0 Å². The van der Waals surface area contributed by atoms with Crippen molar-refractivity contribution in [2.24, 2.45) is 0 Å². The van der Waals surface area contributed by atoms with Gasteiger partial charge in [-0.05, 0) is 32.1 Å². The summed E-state index contributed by atoms with van der Waals surface area (Å²) < 4.78 is 0. The second-order valence-corrected chi connectivity index (χ2v) is 5.68. The molecule has 0 aliphatic carbocycles. The first-order chi connectivity index (χ1) is 7.63. The Balaban J connectivity index is 2.48. The fourth-order valence-electron chi connectivity index (χ4n) is 1.81. The highest BCUT2D eigenvalue weighted by atomic mass is 32.2. The van der Waals surface area contributed by atoms with Crippen molar-refractivity contribution in [1.82, 2.24) is 5.32 Å². The van der Waals surface area contributed by atoms with Crippen molar-refractivity contribution in [3.05, 3.63) is 35.4 Å². The van der Waals surface area contributed by atoms with Crippen LogP contribution in [0.3, 0.4) is 0 Å². The molecule has 1 nitrogen and oxygen atoms in total. The highest BCUT2D eigenvalue weighted by Crippen LogP contribution is 2.15. The zero-order chi connectivity index (χ0) is 12.0. The third kappa shape index (κ3) is 4.58. The maximum atomic E-state index is 3.64. The van der Waals surface area contributed by atoms with Crippen LogP contribution in [0.25, 0.3) is 0 Å². The van der Waals surface area contributed by atoms with Gasteiger partial charge in [0, 0.05) is 17.8 Å². The van der Waals surface area contributed by atoms with Crippen molar-refractivity contribution in [1.29, 1.82) is 0 Å². The van der Waals surface area contributed by atoms with E-state index < -0.39 is 0 Å². The predicted molar refractivity (Wildman–Crippen MR) is 75.2 cm³/mol. The van der Waals surface area contributed by atoms with Gasteiger partial charge in [-0.25, -0.2) is 0 Å². The Labute approximate surface area is 104 Å². The lowest BCUT2D eigenvalue weighted by Crippen LogP contribution is -2.30. The number of hydrogen-bond donors (Lipinski definition) is 1. The van der Waals surface area contributed by atoms with E-state index in [1.54, 1.807) is 0 Å². The molecule has 0 heterocycles. The Morgan fingerprint density at radius 1 is 1.31 bits per heavy atom. The summed E-state index contributed by atoms with van der Waals surface area (Å²) in [5, 5.41) is 3.64. The lowest BCUT2D eigenvalue weighted by Gasteiger charge is -2.20. The standard InChI is InChI=1S/C14H23NS/c1-5-16-10-12(3)15-13(4)14-8-6-7-11(2)9-14/h6-9,12-13,15H,5,10H2,1-4H3. The molecule has 0 aliphatic rings. The summed E-state index contributed by atoms with van der Waals surface area (Å²) in [5.41, 5.74) is 2.72. The molecule has 0 aromatic heterocycles. The average Bonchev–Trinajstić information content (AvgIpc) is 2.26. The first-order valence-electron chi connectivity index (χ1n) is 6.03. The Hall–Kier alpha value is -0.470. The number of aryl methyl sites for hydroxylation is 1. The molecule has 1 rings (SSSR count). The highest BCUT2D eigenvalue weighted by molar-refractivity contribution is 7.99. The Bertz CT molecular complexity index is 311. The zero-order valence-corrected chi connectivity index (χ0v) is 11.6. The van der Waals surface area contributed by atoms with Crippen LogP contribution in [-0.2, 0) is 0 Å². The fraction of sp³-hybridized carbons (Fsp3) is 0.571. The van der Waals surface area contributed by atoms with Crippen LogP contribution in [-0.4, -0.2) is 17.5 Å². The number of nitrogens with one attached hydrogen (secondary N) is 1. The summed E-state index contributed by atoms with van der Waals surface area (Å²) in [6.45, 7) is 8.85. The zero-order valence-electron chi connectivity index (χ0n) is 10.8. The molecule has 0 aliphatic heterocycles. The molecular formula is C14H23NS. The first kappa shape index (κ1) is 13.6. The van der Waals surface area contributed by atoms with E-state index in [0.717, 1.165) is 0 Å². The number of benzene rings is 1. The van der Waals surface area contributed by atoms with Gasteiger partial charge in [0.1, 0.15) is 0 Å². The van der Waals surface area contributed by atoms with E-state index in [4.69, 9.17) is 0 Å². The minimum atomic E-state index is 0.437. The Kier molecular flexibility index (Phi) is 5.93. The smallest absolute Gasteiger partial charge is 0.0294 e. The molecule has 0 saturated carbocycles. The van der Waals surface area contributed by atoms with Crippen LogP contribution in [0.4, 0.5) is 0 Å². The van der Waals surface area contributed by atoms with Crippen LogP contribution in [0.1, 0.15) is 37.9 Å². The van der Waals surface area contributed by atoms with Crippen LogP contribution in [0, 0.1) is 6.92 Å². The third-order valence-corrected chi connectivity index (χ3v) is 3.79. The maximum absolute atomic E-state index is 3.64. The Morgan fingerprint density at radius 3 is 2.69 bits per heavy atom. The Morgan fingerprint density at radius 2 is 2.06 bits per heavy atom. The van der Waals surface area contributed by atoms with Gasteiger partial charge in [-0.1, -0.05) is 36.8 Å². The number of thioether (sulfide) groups is 1. The minimum Gasteiger partial charge on any atom is -0.307 e. The van der Waals surface area contributed by atoms with E-state index in [1.807, 2.05) is 11.8 Å². The summed E-state index contributed by atoms with van der Waals surface area (Å²) in [4.78, 5) is 0. The third-order valence-electron chi connectivity index (χ3n) is 2.65. The van der Waals surface area contributed by atoms with Gasteiger partial charge in [0.15, 0.2) is 0 Å². The quantitative estimate of drug-likeness (QED) is 0.808. The lowest BCUT2D eigenvalue weighted by atomic mass is 10.1. The molecule has 2 atom stereocenters. The molecule has 1 aromatic carbocycles. The summed E-state index contributed by atoms with van der Waals surface area (Å²) >= 11 is 1.99. The molecular weight excluding hydrogens is 214 g/mol. The average molecular weight is 237 g/mol. The molecule has 2 unspecified atom stereocenters. The topological polar surface area (TPSA) is 12.0 Å². The lowest BCUT2D eigenvalue weighted by molar-refractivity contribution is 0.511. The highest BCUT2D eigenvalue weighted by Gasteiger charge is 2.08. The molecule has 2 heteroatoms. The number of rotatable bonds is 6. The van der Waals surface area contributed by atoms with Crippen LogP contribution in [0.2, 0.25) is 0 Å². The van der Waals surface area contributed by atoms with Gasteiger partial charge in [-0.2, -0.15) is 11.8 Å². The van der Waals surface area contributed by atoms with E-state index in [0.29, 0.717) is 12.1 Å². The van der Waals surface area contributed by atoms with Gasteiger partial charge < -0.3 is 5.32 Å². The first-order valence-corrected chi connectivity index (χ1v) is 7.19. The van der Waals surface area contributed by atoms with Crippen molar-refractivity contribution in [2.45, 2.75) is 39.8 Å². The predicted octanol–water partition coefficient (Wildman–Crippen LogP) is 3.79. The van der Waals surface area contributed by atoms with Crippen molar-refractivity contribution >= 4 is 11.8 Å². The SMILES string of the molecule is CCSCC(C)NC(C)c1cccc(C)c1. The van der Waals surface area contributed by atoms with E-state index in [1.165, 1.54) is 22.6 Å². The molecule has 0 radical (unpaired) electrons. The summed E-state index contributed by atoms with van der Waals surface area (Å²) in [7, 11) is 0. The molecule has 1 aromatic rings. The summed E-state index contributed by atoms with van der Waals surface area (Å²) in [6.07, 6.45) is 0. The van der Waals surface area contributed by atoms with Gasteiger partial charge in [-0.3, -0.25) is 0 Å². The van der Waals surface area contributed by atoms with Crippen LogP contribution < -0.4 is 5.32 Å².